The summed E-state index contributed by atoms with van der Waals surface area (Å²) in [6.45, 7) is 5.93. The van der Waals surface area contributed by atoms with E-state index < -0.39 is 0 Å². The molecule has 1 aliphatic heterocycles. The Hall–Kier alpha value is -3.46. The third kappa shape index (κ3) is 6.89. The lowest BCUT2D eigenvalue weighted by Gasteiger charge is -2.32. The Morgan fingerprint density at radius 3 is 2.47 bits per heavy atom. The van der Waals surface area contributed by atoms with Gasteiger partial charge in [0.15, 0.2) is 0 Å². The first-order valence-electron chi connectivity index (χ1n) is 13.5. The molecule has 2 aliphatic rings. The van der Waals surface area contributed by atoms with Gasteiger partial charge in [-0.3, -0.25) is 9.69 Å². The molecule has 3 aromatic rings. The molecule has 0 unspecified atom stereocenters. The van der Waals surface area contributed by atoms with Crippen LogP contribution in [0, 0.1) is 0 Å². The maximum atomic E-state index is 13.0. The second kappa shape index (κ2) is 12.4. The van der Waals surface area contributed by atoms with Gasteiger partial charge >= 0.3 is 0 Å². The largest absolute Gasteiger partial charge is 0.383 e. The van der Waals surface area contributed by atoms with E-state index in [9.17, 15) is 4.79 Å². The quantitative estimate of drug-likeness (QED) is 0.397. The number of amides is 1. The summed E-state index contributed by atoms with van der Waals surface area (Å²) in [7, 11) is 2.17. The minimum atomic E-state index is -0.213. The molecule has 2 aromatic carbocycles. The Bertz CT molecular complexity index is 1200. The third-order valence-electron chi connectivity index (χ3n) is 7.47. The lowest BCUT2D eigenvalue weighted by Crippen LogP contribution is -2.43. The Morgan fingerprint density at radius 1 is 0.974 bits per heavy atom. The van der Waals surface area contributed by atoms with Crippen molar-refractivity contribution in [2.24, 2.45) is 0 Å². The number of nitrogens with two attached hydrogens (primary N) is 1. The van der Waals surface area contributed by atoms with Gasteiger partial charge in [-0.2, -0.15) is 0 Å². The average Bonchev–Trinajstić information content (AvgIpc) is 3.37. The molecule has 1 saturated carbocycles. The van der Waals surface area contributed by atoms with Crippen molar-refractivity contribution in [2.45, 2.75) is 44.6 Å². The molecular formula is C30H38N6O2. The van der Waals surface area contributed by atoms with E-state index in [-0.39, 0.29) is 23.9 Å². The molecule has 1 aromatic heterocycles. The van der Waals surface area contributed by atoms with Crippen LogP contribution in [-0.4, -0.2) is 66.1 Å². The lowest BCUT2D eigenvalue weighted by atomic mass is 10.1. The number of nitrogens with one attached hydrogen (secondary N) is 2. The number of piperazine rings is 1. The molecule has 1 aliphatic carbocycles. The van der Waals surface area contributed by atoms with Gasteiger partial charge in [-0.25, -0.2) is 4.98 Å². The van der Waals surface area contributed by atoms with Crippen LogP contribution in [-0.2, 0) is 17.9 Å². The van der Waals surface area contributed by atoms with Crippen molar-refractivity contribution in [3.63, 3.8) is 0 Å². The molecule has 2 heterocycles. The van der Waals surface area contributed by atoms with E-state index in [4.69, 9.17) is 10.5 Å². The van der Waals surface area contributed by atoms with Crippen LogP contribution in [0.5, 0.6) is 0 Å². The summed E-state index contributed by atoms with van der Waals surface area (Å²) < 4.78 is 6.13. The van der Waals surface area contributed by atoms with Gasteiger partial charge in [0.05, 0.1) is 24.3 Å². The number of hydrogen-bond acceptors (Lipinski definition) is 7. The van der Waals surface area contributed by atoms with Gasteiger partial charge in [0, 0.05) is 38.4 Å². The Labute approximate surface area is 225 Å². The number of hydrogen-bond donors (Lipinski definition) is 3. The number of likely N-dealkylation sites (N-methyl/N-ethyl adjacent to an activating group) is 1. The van der Waals surface area contributed by atoms with Crippen LogP contribution < -0.4 is 16.4 Å². The predicted molar refractivity (Wildman–Crippen MR) is 151 cm³/mol. The van der Waals surface area contributed by atoms with Crippen molar-refractivity contribution in [3.05, 3.63) is 83.4 Å². The SMILES string of the molecule is CN1CCN(Cc2ccc(Nc3ccc(C(=O)N[C@H]4CCC[C@@H]4OCc4ccccc4)c(N)n3)cc2)CC1. The van der Waals surface area contributed by atoms with Gasteiger partial charge in [0.1, 0.15) is 11.6 Å². The van der Waals surface area contributed by atoms with Crippen LogP contribution >= 0.6 is 0 Å². The van der Waals surface area contributed by atoms with E-state index in [0.717, 1.165) is 63.2 Å². The molecule has 0 radical (unpaired) electrons. The summed E-state index contributed by atoms with van der Waals surface area (Å²) >= 11 is 0. The molecule has 4 N–H and O–H groups in total. The topological polar surface area (TPSA) is 95.8 Å². The van der Waals surface area contributed by atoms with Crippen molar-refractivity contribution in [1.82, 2.24) is 20.1 Å². The fraction of sp³-hybridized carbons (Fsp3) is 0.400. The highest BCUT2D eigenvalue weighted by Gasteiger charge is 2.30. The number of nitrogen functional groups attached to an aromatic ring is 1. The van der Waals surface area contributed by atoms with Gasteiger partial charge < -0.3 is 26.0 Å². The predicted octanol–water partition coefficient (Wildman–Crippen LogP) is 4.02. The van der Waals surface area contributed by atoms with Crippen molar-refractivity contribution in [2.75, 3.05) is 44.3 Å². The molecule has 2 fully saturated rings. The molecule has 8 heteroatoms. The number of pyridine rings is 1. The summed E-state index contributed by atoms with van der Waals surface area (Å²) in [4.78, 5) is 22.3. The van der Waals surface area contributed by atoms with Crippen LogP contribution in [0.1, 0.15) is 40.7 Å². The van der Waals surface area contributed by atoms with Crippen LogP contribution in [0.4, 0.5) is 17.3 Å². The van der Waals surface area contributed by atoms with E-state index >= 15 is 0 Å². The van der Waals surface area contributed by atoms with Gasteiger partial charge in [-0.15, -0.1) is 0 Å². The maximum Gasteiger partial charge on any atom is 0.255 e. The summed E-state index contributed by atoms with van der Waals surface area (Å²) in [5, 5.41) is 6.42. The monoisotopic (exact) mass is 514 g/mol. The van der Waals surface area contributed by atoms with E-state index in [1.54, 1.807) is 12.1 Å². The number of anilines is 3. The van der Waals surface area contributed by atoms with Crippen LogP contribution in [0.25, 0.3) is 0 Å². The first-order chi connectivity index (χ1) is 18.5. The zero-order chi connectivity index (χ0) is 26.3. The molecule has 5 rings (SSSR count). The fourth-order valence-electron chi connectivity index (χ4n) is 5.16. The number of benzene rings is 2. The minimum Gasteiger partial charge on any atom is -0.383 e. The third-order valence-corrected chi connectivity index (χ3v) is 7.47. The highest BCUT2D eigenvalue weighted by Crippen LogP contribution is 2.25. The minimum absolute atomic E-state index is 0.00602. The smallest absolute Gasteiger partial charge is 0.255 e. The molecule has 38 heavy (non-hydrogen) atoms. The normalized spacial score (nSPS) is 20.3. The van der Waals surface area contributed by atoms with Gasteiger partial charge in [-0.1, -0.05) is 42.5 Å². The highest BCUT2D eigenvalue weighted by atomic mass is 16.5. The standard InChI is InChI=1S/C30H38N6O2/c1-35-16-18-36(19-17-35)20-22-10-12-24(13-11-22)32-28-15-14-25(29(31)34-28)30(37)33-26-8-5-9-27(26)38-21-23-6-3-2-4-7-23/h2-4,6-7,10-15,26-27H,5,8-9,16-21H2,1H3,(H,33,37)(H3,31,32,34)/t26-,27-/m0/s1. The zero-order valence-corrected chi connectivity index (χ0v) is 22.1. The summed E-state index contributed by atoms with van der Waals surface area (Å²) in [6, 6.07) is 22.0. The summed E-state index contributed by atoms with van der Waals surface area (Å²) in [6.07, 6.45) is 2.84. The lowest BCUT2D eigenvalue weighted by molar-refractivity contribution is 0.0272. The van der Waals surface area contributed by atoms with Gasteiger partial charge in [-0.05, 0) is 61.7 Å². The molecular weight excluding hydrogens is 476 g/mol. The number of carbonyl (C=O) groups is 1. The van der Waals surface area contributed by atoms with Crippen molar-refractivity contribution in [3.8, 4) is 0 Å². The number of rotatable bonds is 9. The van der Waals surface area contributed by atoms with Crippen LogP contribution in [0.2, 0.25) is 0 Å². The summed E-state index contributed by atoms with van der Waals surface area (Å²) in [5.74, 6) is 0.602. The second-order valence-electron chi connectivity index (χ2n) is 10.4. The molecule has 200 valence electrons. The first kappa shape index (κ1) is 26.2. The second-order valence-corrected chi connectivity index (χ2v) is 10.4. The molecule has 0 bridgehead atoms. The van der Waals surface area contributed by atoms with Gasteiger partial charge in [0.2, 0.25) is 0 Å². The molecule has 1 saturated heterocycles. The van der Waals surface area contributed by atoms with E-state index in [0.29, 0.717) is 18.0 Å². The van der Waals surface area contributed by atoms with Crippen molar-refractivity contribution >= 4 is 23.2 Å². The fourth-order valence-corrected chi connectivity index (χ4v) is 5.16. The highest BCUT2D eigenvalue weighted by molar-refractivity contribution is 5.98. The van der Waals surface area contributed by atoms with E-state index in [2.05, 4.69) is 56.7 Å². The number of ether oxygens (including phenoxy) is 1. The molecule has 2 atom stereocenters. The maximum absolute atomic E-state index is 13.0. The molecule has 0 spiro atoms. The molecule has 1 amide bonds. The average molecular weight is 515 g/mol. The number of nitrogens with zero attached hydrogens (tertiary/aromatic N) is 3. The van der Waals surface area contributed by atoms with E-state index in [1.165, 1.54) is 5.56 Å². The Kier molecular flexibility index (Phi) is 8.53. The number of aromatic nitrogens is 1. The molecule has 8 nitrogen and oxygen atoms in total. The van der Waals surface area contributed by atoms with Crippen molar-refractivity contribution < 1.29 is 9.53 Å². The van der Waals surface area contributed by atoms with E-state index in [1.807, 2.05) is 30.3 Å². The van der Waals surface area contributed by atoms with Crippen LogP contribution in [0.3, 0.4) is 0 Å². The Morgan fingerprint density at radius 2 is 1.74 bits per heavy atom. The van der Waals surface area contributed by atoms with Gasteiger partial charge in [0.25, 0.3) is 5.91 Å². The zero-order valence-electron chi connectivity index (χ0n) is 22.1. The summed E-state index contributed by atoms with van der Waals surface area (Å²) in [5.41, 5.74) is 9.94. The van der Waals surface area contributed by atoms with Crippen LogP contribution in [0.15, 0.2) is 66.7 Å². The number of carbonyl (C=O) groups excluding carboxylic acids is 1. The first-order valence-corrected chi connectivity index (χ1v) is 13.5. The Balaban J connectivity index is 1.13. The van der Waals surface area contributed by atoms with Crippen molar-refractivity contribution in [1.29, 1.82) is 0 Å².